The van der Waals surface area contributed by atoms with Crippen molar-refractivity contribution in [3.63, 3.8) is 0 Å². The van der Waals surface area contributed by atoms with Gasteiger partial charge in [-0.3, -0.25) is 14.2 Å². The highest BCUT2D eigenvalue weighted by Gasteiger charge is 2.15. The normalized spacial score (nSPS) is 11.1. The first kappa shape index (κ1) is 23.3. The summed E-state index contributed by atoms with van der Waals surface area (Å²) in [6.45, 7) is 4.38. The molecule has 4 rings (SSSR count). The molecule has 2 aromatic carbocycles. The molecule has 0 aliphatic carbocycles. The highest BCUT2D eigenvalue weighted by atomic mass is 35.5. The van der Waals surface area contributed by atoms with Crippen molar-refractivity contribution in [3.05, 3.63) is 97.6 Å². The lowest BCUT2D eigenvalue weighted by atomic mass is 10.1. The van der Waals surface area contributed by atoms with Gasteiger partial charge in [-0.2, -0.15) is 10.2 Å². The topological polar surface area (TPSA) is 64.7 Å². The molecule has 0 atom stereocenters. The monoisotopic (exact) mass is 505 g/mol. The van der Waals surface area contributed by atoms with Gasteiger partial charge < -0.3 is 5.32 Å². The van der Waals surface area contributed by atoms with Gasteiger partial charge in [0, 0.05) is 22.3 Å². The minimum atomic E-state index is -0.442. The molecule has 0 unspecified atom stereocenters. The molecule has 0 saturated carbocycles. The van der Waals surface area contributed by atoms with E-state index in [2.05, 4.69) is 15.5 Å². The maximum absolute atomic E-state index is 14.0. The van der Waals surface area contributed by atoms with E-state index in [9.17, 15) is 9.18 Å². The van der Waals surface area contributed by atoms with Gasteiger partial charge in [0.1, 0.15) is 10.8 Å². The number of hydrogen-bond acceptors (Lipinski definition) is 3. The second kappa shape index (κ2) is 9.55. The summed E-state index contributed by atoms with van der Waals surface area (Å²) in [7, 11) is 0. The van der Waals surface area contributed by atoms with Crippen molar-refractivity contribution in [2.75, 3.05) is 5.32 Å². The van der Waals surface area contributed by atoms with Gasteiger partial charge >= 0.3 is 0 Å². The van der Waals surface area contributed by atoms with Crippen LogP contribution in [0.5, 0.6) is 0 Å². The Bertz CT molecular complexity index is 1310. The number of nitrogens with zero attached hydrogens (tertiary/aromatic N) is 4. The number of rotatable bonds is 6. The van der Waals surface area contributed by atoms with E-state index in [4.69, 9.17) is 34.8 Å². The molecule has 2 heterocycles. The van der Waals surface area contributed by atoms with Gasteiger partial charge in [-0.15, -0.1) is 0 Å². The van der Waals surface area contributed by atoms with E-state index in [1.165, 1.54) is 23.0 Å². The van der Waals surface area contributed by atoms with Gasteiger partial charge in [0.05, 0.1) is 29.5 Å². The molecule has 1 amide bonds. The molecular weight excluding hydrogens is 488 g/mol. The summed E-state index contributed by atoms with van der Waals surface area (Å²) < 4.78 is 17.3. The van der Waals surface area contributed by atoms with Crippen molar-refractivity contribution in [2.45, 2.75) is 26.9 Å². The first-order chi connectivity index (χ1) is 15.7. The van der Waals surface area contributed by atoms with Crippen LogP contribution in [0.1, 0.15) is 32.9 Å². The Morgan fingerprint density at radius 3 is 2.36 bits per heavy atom. The van der Waals surface area contributed by atoms with E-state index in [0.29, 0.717) is 17.1 Å². The quantitative estimate of drug-likeness (QED) is 0.341. The van der Waals surface area contributed by atoms with Crippen LogP contribution in [0.4, 0.5) is 10.2 Å². The number of amides is 1. The summed E-state index contributed by atoms with van der Waals surface area (Å²) in [5.41, 5.74) is 3.36. The zero-order valence-corrected chi connectivity index (χ0v) is 20.0. The molecular formula is C23H19Cl3FN5O. The van der Waals surface area contributed by atoms with Crippen molar-refractivity contribution < 1.29 is 9.18 Å². The van der Waals surface area contributed by atoms with Crippen LogP contribution in [0.25, 0.3) is 0 Å². The standard InChI is InChI=1S/C23H19Cl3FN5O/c1-13-21(26)14(2)32(29-13)10-15-6-8-16(9-7-15)23(33)28-22-19(25)12-31(30-22)11-17-18(24)4-3-5-20(17)27/h3-9,12H,10-11H2,1-2H3,(H,28,30,33). The molecule has 2 aromatic heterocycles. The maximum atomic E-state index is 14.0. The Labute approximate surface area is 204 Å². The molecule has 0 radical (unpaired) electrons. The van der Waals surface area contributed by atoms with Crippen molar-refractivity contribution in [3.8, 4) is 0 Å². The second-order valence-corrected chi connectivity index (χ2v) is 8.71. The molecule has 0 aliphatic rings. The third kappa shape index (κ3) is 5.05. The molecule has 6 nitrogen and oxygen atoms in total. The fourth-order valence-electron chi connectivity index (χ4n) is 3.35. The lowest BCUT2D eigenvalue weighted by molar-refractivity contribution is 0.102. The Kier molecular flexibility index (Phi) is 6.74. The van der Waals surface area contributed by atoms with Crippen LogP contribution in [0.3, 0.4) is 0 Å². The third-order valence-electron chi connectivity index (χ3n) is 5.17. The molecule has 0 fully saturated rings. The van der Waals surface area contributed by atoms with E-state index < -0.39 is 5.82 Å². The Morgan fingerprint density at radius 2 is 1.73 bits per heavy atom. The summed E-state index contributed by atoms with van der Waals surface area (Å²) in [5, 5.41) is 12.5. The van der Waals surface area contributed by atoms with Crippen LogP contribution in [0.15, 0.2) is 48.7 Å². The minimum Gasteiger partial charge on any atom is -0.304 e. The lowest BCUT2D eigenvalue weighted by Gasteiger charge is -2.07. The summed E-state index contributed by atoms with van der Waals surface area (Å²) in [5.74, 6) is -0.634. The molecule has 10 heteroatoms. The highest BCUT2D eigenvalue weighted by molar-refractivity contribution is 6.33. The Balaban J connectivity index is 1.44. The number of benzene rings is 2. The van der Waals surface area contributed by atoms with Crippen LogP contribution in [-0.2, 0) is 13.1 Å². The molecule has 0 aliphatic heterocycles. The van der Waals surface area contributed by atoms with E-state index in [1.54, 1.807) is 18.2 Å². The fourth-order valence-corrected chi connectivity index (χ4v) is 3.91. The number of carbonyl (C=O) groups excluding carboxylic acids is 1. The summed E-state index contributed by atoms with van der Waals surface area (Å²) >= 11 is 18.5. The molecule has 4 aromatic rings. The largest absolute Gasteiger partial charge is 0.304 e. The van der Waals surface area contributed by atoms with Gasteiger partial charge in [-0.05, 0) is 43.7 Å². The summed E-state index contributed by atoms with van der Waals surface area (Å²) in [6.07, 6.45) is 1.50. The number of hydrogen-bond donors (Lipinski definition) is 1. The number of halogens is 4. The number of nitrogens with one attached hydrogen (secondary N) is 1. The average molecular weight is 507 g/mol. The van der Waals surface area contributed by atoms with Gasteiger partial charge in [-0.1, -0.05) is 53.0 Å². The van der Waals surface area contributed by atoms with Crippen LogP contribution >= 0.6 is 34.8 Å². The molecule has 33 heavy (non-hydrogen) atoms. The Hall–Kier alpha value is -2.87. The first-order valence-corrected chi connectivity index (χ1v) is 11.1. The van der Waals surface area contributed by atoms with Crippen molar-refractivity contribution in [1.82, 2.24) is 19.6 Å². The minimum absolute atomic E-state index is 0.0755. The molecule has 0 saturated heterocycles. The van der Waals surface area contributed by atoms with Crippen LogP contribution in [0.2, 0.25) is 15.1 Å². The molecule has 1 N–H and O–H groups in total. The van der Waals surface area contributed by atoms with Gasteiger partial charge in [0.15, 0.2) is 5.82 Å². The second-order valence-electron chi connectivity index (χ2n) is 7.52. The predicted molar refractivity (Wildman–Crippen MR) is 128 cm³/mol. The van der Waals surface area contributed by atoms with Crippen LogP contribution in [0, 0.1) is 19.7 Å². The number of carbonyl (C=O) groups is 1. The van der Waals surface area contributed by atoms with Crippen molar-refractivity contribution in [1.29, 1.82) is 0 Å². The van der Waals surface area contributed by atoms with Gasteiger partial charge in [-0.25, -0.2) is 4.39 Å². The average Bonchev–Trinajstić information content (AvgIpc) is 3.24. The predicted octanol–water partition coefficient (Wildman–Crippen LogP) is 6.14. The number of aromatic nitrogens is 4. The highest BCUT2D eigenvalue weighted by Crippen LogP contribution is 2.24. The van der Waals surface area contributed by atoms with Crippen LogP contribution < -0.4 is 5.32 Å². The smallest absolute Gasteiger partial charge is 0.256 e. The first-order valence-electron chi connectivity index (χ1n) is 9.98. The van der Waals surface area contributed by atoms with E-state index in [0.717, 1.165) is 17.0 Å². The number of anilines is 1. The molecule has 0 spiro atoms. The van der Waals surface area contributed by atoms with Gasteiger partial charge in [0.2, 0.25) is 0 Å². The zero-order chi connectivity index (χ0) is 23.7. The summed E-state index contributed by atoms with van der Waals surface area (Å²) in [4.78, 5) is 12.7. The zero-order valence-electron chi connectivity index (χ0n) is 17.7. The summed E-state index contributed by atoms with van der Waals surface area (Å²) in [6, 6.07) is 11.6. The van der Waals surface area contributed by atoms with E-state index >= 15 is 0 Å². The van der Waals surface area contributed by atoms with E-state index in [1.807, 2.05) is 30.7 Å². The SMILES string of the molecule is Cc1nn(Cc2ccc(C(=O)Nc3nn(Cc4c(F)cccc4Cl)cc3Cl)cc2)c(C)c1Cl. The van der Waals surface area contributed by atoms with Crippen molar-refractivity contribution >= 4 is 46.5 Å². The van der Waals surface area contributed by atoms with Crippen LogP contribution in [-0.4, -0.2) is 25.5 Å². The Morgan fingerprint density at radius 1 is 1.00 bits per heavy atom. The molecule has 0 bridgehead atoms. The van der Waals surface area contributed by atoms with E-state index in [-0.39, 0.29) is 33.9 Å². The maximum Gasteiger partial charge on any atom is 0.256 e. The molecule has 170 valence electrons. The van der Waals surface area contributed by atoms with Crippen molar-refractivity contribution in [2.24, 2.45) is 0 Å². The third-order valence-corrected chi connectivity index (χ3v) is 6.35. The fraction of sp³-hybridized carbons (Fsp3) is 0.174. The van der Waals surface area contributed by atoms with Gasteiger partial charge in [0.25, 0.3) is 5.91 Å². The number of aryl methyl sites for hydroxylation is 1. The lowest BCUT2D eigenvalue weighted by Crippen LogP contribution is -2.13.